The summed E-state index contributed by atoms with van der Waals surface area (Å²) in [5.41, 5.74) is 0.859. The second-order valence-corrected chi connectivity index (χ2v) is 4.75. The zero-order valence-corrected chi connectivity index (χ0v) is 10.4. The molecule has 1 aliphatic rings. The Morgan fingerprint density at radius 3 is 2.60 bits per heavy atom. The number of hydrogen-bond acceptors (Lipinski definition) is 3. The first-order valence-electron chi connectivity index (χ1n) is 4.89. The van der Waals surface area contributed by atoms with Gasteiger partial charge in [0.2, 0.25) is 0 Å². The van der Waals surface area contributed by atoms with Crippen LogP contribution in [0.15, 0.2) is 16.6 Å². The van der Waals surface area contributed by atoms with E-state index < -0.39 is 0 Å². The van der Waals surface area contributed by atoms with Gasteiger partial charge in [-0.05, 0) is 32.0 Å². The van der Waals surface area contributed by atoms with E-state index >= 15 is 0 Å². The third kappa shape index (κ3) is 1.72. The van der Waals surface area contributed by atoms with Crippen LogP contribution in [0.1, 0.15) is 18.4 Å². The van der Waals surface area contributed by atoms with Crippen LogP contribution in [0.2, 0.25) is 0 Å². The number of ether oxygens (including phenoxy) is 1. The summed E-state index contributed by atoms with van der Waals surface area (Å²) in [6.45, 7) is 0. The third-order valence-corrected chi connectivity index (χ3v) is 3.46. The molecule has 1 aliphatic carbocycles. The van der Waals surface area contributed by atoms with E-state index in [0.717, 1.165) is 22.9 Å². The summed E-state index contributed by atoms with van der Waals surface area (Å²) >= 11 is 3.42. The lowest BCUT2D eigenvalue weighted by molar-refractivity contribution is 0.365. The van der Waals surface area contributed by atoms with Gasteiger partial charge in [-0.15, -0.1) is 0 Å². The van der Waals surface area contributed by atoms with Crippen LogP contribution in [0.4, 0.5) is 0 Å². The predicted octanol–water partition coefficient (Wildman–Crippen LogP) is 2.37. The van der Waals surface area contributed by atoms with Crippen molar-refractivity contribution in [3.05, 3.63) is 22.2 Å². The highest BCUT2D eigenvalue weighted by molar-refractivity contribution is 9.10. The zero-order valence-electron chi connectivity index (χ0n) is 8.80. The molecule has 0 aliphatic heterocycles. The van der Waals surface area contributed by atoms with Crippen molar-refractivity contribution in [2.75, 3.05) is 14.2 Å². The monoisotopic (exact) mass is 271 g/mol. The van der Waals surface area contributed by atoms with E-state index in [2.05, 4.69) is 21.2 Å². The standard InChI is InChI=1S/C11H14BrNO2/c1-13-11(3-4-11)8-5-7(12)6-9(15-2)10(8)14/h5-6,13-14H,3-4H2,1-2H3. The molecular formula is C11H14BrNO2. The molecule has 1 aromatic rings. The highest BCUT2D eigenvalue weighted by atomic mass is 79.9. The van der Waals surface area contributed by atoms with Crippen LogP contribution < -0.4 is 10.1 Å². The molecule has 0 heterocycles. The zero-order chi connectivity index (χ0) is 11.1. The number of phenols is 1. The molecule has 15 heavy (non-hydrogen) atoms. The summed E-state index contributed by atoms with van der Waals surface area (Å²) in [6, 6.07) is 3.71. The molecule has 4 heteroatoms. The number of halogens is 1. The first-order chi connectivity index (χ1) is 7.13. The summed E-state index contributed by atoms with van der Waals surface area (Å²) in [7, 11) is 3.48. The minimum atomic E-state index is -0.0544. The average Bonchev–Trinajstić information content (AvgIpc) is 3.01. The molecule has 0 saturated heterocycles. The van der Waals surface area contributed by atoms with Gasteiger partial charge < -0.3 is 15.2 Å². The van der Waals surface area contributed by atoms with Crippen molar-refractivity contribution in [3.8, 4) is 11.5 Å². The number of benzene rings is 1. The summed E-state index contributed by atoms with van der Waals surface area (Å²) in [5, 5.41) is 13.3. The van der Waals surface area contributed by atoms with Crippen molar-refractivity contribution in [3.63, 3.8) is 0 Å². The van der Waals surface area contributed by atoms with Crippen LogP contribution in [0.5, 0.6) is 11.5 Å². The third-order valence-electron chi connectivity index (χ3n) is 3.00. The first-order valence-corrected chi connectivity index (χ1v) is 5.68. The van der Waals surface area contributed by atoms with E-state index in [0.29, 0.717) is 5.75 Å². The number of nitrogens with one attached hydrogen (secondary N) is 1. The lowest BCUT2D eigenvalue weighted by Gasteiger charge is -2.18. The summed E-state index contributed by atoms with van der Waals surface area (Å²) in [4.78, 5) is 0. The fourth-order valence-corrected chi connectivity index (χ4v) is 2.31. The highest BCUT2D eigenvalue weighted by Crippen LogP contribution is 2.51. The molecule has 0 amide bonds. The SMILES string of the molecule is CNC1(c2cc(Br)cc(OC)c2O)CC1. The summed E-state index contributed by atoms with van der Waals surface area (Å²) in [6.07, 6.45) is 2.10. The minimum Gasteiger partial charge on any atom is -0.504 e. The molecule has 0 radical (unpaired) electrons. The molecule has 1 saturated carbocycles. The molecule has 1 aromatic carbocycles. The van der Waals surface area contributed by atoms with Gasteiger partial charge in [-0.3, -0.25) is 0 Å². The topological polar surface area (TPSA) is 41.5 Å². The number of hydrogen-bond donors (Lipinski definition) is 2. The Kier molecular flexibility index (Phi) is 2.64. The van der Waals surface area contributed by atoms with Crippen LogP contribution in [-0.2, 0) is 5.54 Å². The van der Waals surface area contributed by atoms with Crippen molar-refractivity contribution >= 4 is 15.9 Å². The Balaban J connectivity index is 2.51. The van der Waals surface area contributed by atoms with E-state index in [-0.39, 0.29) is 11.3 Å². The molecule has 0 spiro atoms. The molecule has 2 rings (SSSR count). The van der Waals surface area contributed by atoms with Gasteiger partial charge in [0, 0.05) is 15.6 Å². The molecule has 0 bridgehead atoms. The van der Waals surface area contributed by atoms with Crippen molar-refractivity contribution in [2.24, 2.45) is 0 Å². The summed E-state index contributed by atoms with van der Waals surface area (Å²) < 4.78 is 6.05. The Morgan fingerprint density at radius 2 is 2.13 bits per heavy atom. The molecule has 0 aromatic heterocycles. The second-order valence-electron chi connectivity index (χ2n) is 3.84. The van der Waals surface area contributed by atoms with Gasteiger partial charge >= 0.3 is 0 Å². The van der Waals surface area contributed by atoms with Gasteiger partial charge in [0.15, 0.2) is 11.5 Å². The van der Waals surface area contributed by atoms with Gasteiger partial charge in [0.25, 0.3) is 0 Å². The van der Waals surface area contributed by atoms with Crippen LogP contribution in [-0.4, -0.2) is 19.3 Å². The normalized spacial score (nSPS) is 17.5. The van der Waals surface area contributed by atoms with E-state index in [1.54, 1.807) is 13.2 Å². The summed E-state index contributed by atoms with van der Waals surface area (Å²) in [5.74, 6) is 0.758. The second kappa shape index (κ2) is 3.68. The van der Waals surface area contributed by atoms with Crippen molar-refractivity contribution in [2.45, 2.75) is 18.4 Å². The minimum absolute atomic E-state index is 0.0544. The number of rotatable bonds is 3. The predicted molar refractivity (Wildman–Crippen MR) is 62.3 cm³/mol. The van der Waals surface area contributed by atoms with Crippen LogP contribution in [0.3, 0.4) is 0 Å². The first kappa shape index (κ1) is 10.8. The molecule has 2 N–H and O–H groups in total. The average molecular weight is 272 g/mol. The van der Waals surface area contributed by atoms with E-state index in [4.69, 9.17) is 4.74 Å². The van der Waals surface area contributed by atoms with Crippen molar-refractivity contribution in [1.82, 2.24) is 5.32 Å². The van der Waals surface area contributed by atoms with Crippen molar-refractivity contribution in [1.29, 1.82) is 0 Å². The molecule has 0 unspecified atom stereocenters. The van der Waals surface area contributed by atoms with Gasteiger partial charge in [0.1, 0.15) is 0 Å². The van der Waals surface area contributed by atoms with Crippen molar-refractivity contribution < 1.29 is 9.84 Å². The largest absolute Gasteiger partial charge is 0.504 e. The van der Waals surface area contributed by atoms with Gasteiger partial charge in [-0.2, -0.15) is 0 Å². The molecule has 3 nitrogen and oxygen atoms in total. The van der Waals surface area contributed by atoms with Gasteiger partial charge in [-0.1, -0.05) is 15.9 Å². The molecule has 0 atom stereocenters. The van der Waals surface area contributed by atoms with E-state index in [9.17, 15) is 5.11 Å². The highest BCUT2D eigenvalue weighted by Gasteiger charge is 2.45. The van der Waals surface area contributed by atoms with Crippen LogP contribution in [0, 0.1) is 0 Å². The van der Waals surface area contributed by atoms with E-state index in [1.807, 2.05) is 13.1 Å². The van der Waals surface area contributed by atoms with Crippen LogP contribution >= 0.6 is 15.9 Å². The van der Waals surface area contributed by atoms with Crippen LogP contribution in [0.25, 0.3) is 0 Å². The fourth-order valence-electron chi connectivity index (χ4n) is 1.87. The fraction of sp³-hybridized carbons (Fsp3) is 0.455. The quantitative estimate of drug-likeness (QED) is 0.887. The Bertz CT molecular complexity index is 388. The number of phenolic OH excluding ortho intramolecular Hbond substituents is 1. The Hall–Kier alpha value is -0.740. The lowest BCUT2D eigenvalue weighted by atomic mass is 10.0. The maximum atomic E-state index is 10.0. The molecule has 82 valence electrons. The molecule has 1 fully saturated rings. The molecular weight excluding hydrogens is 258 g/mol. The van der Waals surface area contributed by atoms with Gasteiger partial charge in [0.05, 0.1) is 7.11 Å². The number of methoxy groups -OCH3 is 1. The Morgan fingerprint density at radius 1 is 1.47 bits per heavy atom. The van der Waals surface area contributed by atoms with Gasteiger partial charge in [-0.25, -0.2) is 0 Å². The van der Waals surface area contributed by atoms with E-state index in [1.165, 1.54) is 0 Å². The Labute approximate surface area is 97.6 Å². The lowest BCUT2D eigenvalue weighted by Crippen LogP contribution is -2.24. The number of aromatic hydroxyl groups is 1. The maximum Gasteiger partial charge on any atom is 0.162 e. The maximum absolute atomic E-state index is 10.0. The smallest absolute Gasteiger partial charge is 0.162 e.